The third kappa shape index (κ3) is 3.28. The van der Waals surface area contributed by atoms with Crippen molar-refractivity contribution in [3.8, 4) is 0 Å². The molecule has 1 aromatic rings. The molecule has 0 heterocycles. The molecule has 0 spiro atoms. The quantitative estimate of drug-likeness (QED) is 0.767. The summed E-state index contributed by atoms with van der Waals surface area (Å²) in [5.41, 5.74) is 4.68. The van der Waals surface area contributed by atoms with Crippen LogP contribution in [0.2, 0.25) is 0 Å². The van der Waals surface area contributed by atoms with Crippen molar-refractivity contribution >= 4 is 5.69 Å². The molecule has 0 aliphatic heterocycles. The monoisotopic (exact) mass is 245 g/mol. The van der Waals surface area contributed by atoms with Crippen LogP contribution in [-0.4, -0.2) is 5.54 Å². The van der Waals surface area contributed by atoms with Crippen molar-refractivity contribution in [2.24, 2.45) is 0 Å². The molecule has 100 valence electrons. The lowest BCUT2D eigenvalue weighted by molar-refractivity contribution is 0.588. The molecule has 1 heteroatoms. The number of nitrogens with one attached hydrogen (secondary N) is 1. The van der Waals surface area contributed by atoms with Gasteiger partial charge < -0.3 is 5.32 Å². The number of hydrogen-bond donors (Lipinski definition) is 1. The Morgan fingerprint density at radius 2 is 1.61 bits per heavy atom. The zero-order valence-electron chi connectivity index (χ0n) is 12.7. The van der Waals surface area contributed by atoms with Gasteiger partial charge >= 0.3 is 0 Å². The van der Waals surface area contributed by atoms with Gasteiger partial charge in [0.05, 0.1) is 0 Å². The molecule has 1 aliphatic rings. The van der Waals surface area contributed by atoms with E-state index in [9.17, 15) is 0 Å². The Balaban J connectivity index is 2.36. The second-order valence-electron chi connectivity index (χ2n) is 7.70. The Morgan fingerprint density at radius 1 is 1.00 bits per heavy atom. The fourth-order valence-electron chi connectivity index (χ4n) is 2.28. The average Bonchev–Trinajstić information content (AvgIpc) is 2.97. The number of hydrogen-bond acceptors (Lipinski definition) is 1. The van der Waals surface area contributed by atoms with Crippen LogP contribution in [0.1, 0.15) is 71.4 Å². The molecule has 1 saturated carbocycles. The first-order chi connectivity index (χ1) is 8.17. The van der Waals surface area contributed by atoms with E-state index in [0.717, 1.165) is 5.92 Å². The summed E-state index contributed by atoms with van der Waals surface area (Å²) in [5, 5.41) is 3.65. The minimum Gasteiger partial charge on any atom is -0.380 e. The Kier molecular flexibility index (Phi) is 3.21. The molecule has 1 aromatic carbocycles. The number of benzene rings is 1. The van der Waals surface area contributed by atoms with E-state index in [-0.39, 0.29) is 11.0 Å². The van der Waals surface area contributed by atoms with Gasteiger partial charge in [-0.1, -0.05) is 32.9 Å². The smallest absolute Gasteiger partial charge is 0.0379 e. The summed E-state index contributed by atoms with van der Waals surface area (Å²) in [7, 11) is 0. The number of anilines is 1. The van der Waals surface area contributed by atoms with Crippen LogP contribution in [0.15, 0.2) is 18.2 Å². The summed E-state index contributed by atoms with van der Waals surface area (Å²) < 4.78 is 0. The fourth-order valence-corrected chi connectivity index (χ4v) is 2.28. The lowest BCUT2D eigenvalue weighted by Gasteiger charge is -2.26. The molecular weight excluding hydrogens is 218 g/mol. The zero-order chi connectivity index (χ0) is 13.6. The Morgan fingerprint density at radius 3 is 2.06 bits per heavy atom. The molecule has 0 bridgehead atoms. The maximum atomic E-state index is 3.65. The van der Waals surface area contributed by atoms with E-state index in [0.29, 0.717) is 0 Å². The average molecular weight is 245 g/mol. The first kappa shape index (κ1) is 13.5. The van der Waals surface area contributed by atoms with Crippen LogP contribution in [0.25, 0.3) is 0 Å². The summed E-state index contributed by atoms with van der Waals surface area (Å²) in [6.07, 6.45) is 2.71. The van der Waals surface area contributed by atoms with Gasteiger partial charge in [0.25, 0.3) is 0 Å². The van der Waals surface area contributed by atoms with Gasteiger partial charge in [-0.25, -0.2) is 0 Å². The molecule has 0 aromatic heterocycles. The van der Waals surface area contributed by atoms with E-state index in [1.807, 2.05) is 0 Å². The van der Waals surface area contributed by atoms with Crippen molar-refractivity contribution in [3.63, 3.8) is 0 Å². The van der Waals surface area contributed by atoms with Crippen molar-refractivity contribution in [3.05, 3.63) is 29.3 Å². The maximum Gasteiger partial charge on any atom is 0.0379 e. The van der Waals surface area contributed by atoms with E-state index in [4.69, 9.17) is 0 Å². The highest BCUT2D eigenvalue weighted by Crippen LogP contribution is 2.45. The lowest BCUT2D eigenvalue weighted by Crippen LogP contribution is -2.27. The highest BCUT2D eigenvalue weighted by Gasteiger charge is 2.28. The SMILES string of the molecule is CC(C)(C)Nc1ccc(C(C)(C)C)cc1C1CC1. The molecule has 2 rings (SSSR count). The van der Waals surface area contributed by atoms with E-state index in [2.05, 4.69) is 65.1 Å². The van der Waals surface area contributed by atoms with Gasteiger partial charge in [0.15, 0.2) is 0 Å². The molecule has 0 unspecified atom stereocenters. The Labute approximate surface area is 112 Å². The largest absolute Gasteiger partial charge is 0.380 e. The van der Waals surface area contributed by atoms with Crippen molar-refractivity contribution in [1.29, 1.82) is 0 Å². The Hall–Kier alpha value is -0.980. The molecule has 1 nitrogen and oxygen atoms in total. The van der Waals surface area contributed by atoms with E-state index < -0.39 is 0 Å². The van der Waals surface area contributed by atoms with Gasteiger partial charge in [0, 0.05) is 11.2 Å². The van der Waals surface area contributed by atoms with E-state index >= 15 is 0 Å². The highest BCUT2D eigenvalue weighted by atomic mass is 15.0. The van der Waals surface area contributed by atoms with Crippen molar-refractivity contribution in [2.45, 2.75) is 71.3 Å². The van der Waals surface area contributed by atoms with Gasteiger partial charge in [-0.2, -0.15) is 0 Å². The number of rotatable bonds is 2. The van der Waals surface area contributed by atoms with E-state index in [1.54, 1.807) is 0 Å². The summed E-state index contributed by atoms with van der Waals surface area (Å²) >= 11 is 0. The normalized spacial score (nSPS) is 16.8. The van der Waals surface area contributed by atoms with Gasteiger partial charge in [-0.3, -0.25) is 0 Å². The molecule has 0 saturated heterocycles. The van der Waals surface area contributed by atoms with E-state index in [1.165, 1.54) is 29.7 Å². The van der Waals surface area contributed by atoms with Crippen LogP contribution in [-0.2, 0) is 5.41 Å². The standard InChI is InChI=1S/C17H27N/c1-16(2,3)13-9-10-15(18-17(4,5)6)14(11-13)12-7-8-12/h9-12,18H,7-8H2,1-6H3. The molecule has 1 N–H and O–H groups in total. The molecule has 0 radical (unpaired) electrons. The zero-order valence-corrected chi connectivity index (χ0v) is 12.7. The third-order valence-electron chi connectivity index (χ3n) is 3.44. The van der Waals surface area contributed by atoms with Crippen LogP contribution in [0.4, 0.5) is 5.69 Å². The Bertz CT molecular complexity index is 428. The molecule has 18 heavy (non-hydrogen) atoms. The third-order valence-corrected chi connectivity index (χ3v) is 3.44. The minimum absolute atomic E-state index is 0.132. The van der Waals surface area contributed by atoms with Crippen molar-refractivity contribution in [1.82, 2.24) is 0 Å². The highest BCUT2D eigenvalue weighted by molar-refractivity contribution is 5.57. The van der Waals surface area contributed by atoms with Gasteiger partial charge in [0.2, 0.25) is 0 Å². The molecule has 1 aliphatic carbocycles. The van der Waals surface area contributed by atoms with Gasteiger partial charge in [0.1, 0.15) is 0 Å². The van der Waals surface area contributed by atoms with Gasteiger partial charge in [-0.15, -0.1) is 0 Å². The molecule has 1 fully saturated rings. The second kappa shape index (κ2) is 4.29. The van der Waals surface area contributed by atoms with Crippen LogP contribution in [0.5, 0.6) is 0 Å². The van der Waals surface area contributed by atoms with Crippen LogP contribution < -0.4 is 5.32 Å². The summed E-state index contributed by atoms with van der Waals surface area (Å²) in [5.74, 6) is 0.789. The summed E-state index contributed by atoms with van der Waals surface area (Å²) in [4.78, 5) is 0. The van der Waals surface area contributed by atoms with Crippen LogP contribution in [0, 0.1) is 0 Å². The predicted molar refractivity (Wildman–Crippen MR) is 80.5 cm³/mol. The lowest BCUT2D eigenvalue weighted by atomic mass is 9.85. The van der Waals surface area contributed by atoms with Gasteiger partial charge in [-0.05, 0) is 62.1 Å². The molecule has 0 amide bonds. The van der Waals surface area contributed by atoms with Crippen LogP contribution >= 0.6 is 0 Å². The van der Waals surface area contributed by atoms with Crippen molar-refractivity contribution in [2.75, 3.05) is 5.32 Å². The first-order valence-electron chi connectivity index (χ1n) is 7.09. The molecular formula is C17H27N. The van der Waals surface area contributed by atoms with Crippen molar-refractivity contribution < 1.29 is 0 Å². The summed E-state index contributed by atoms with van der Waals surface area (Å²) in [6, 6.07) is 6.98. The maximum absolute atomic E-state index is 3.65. The fraction of sp³-hybridized carbons (Fsp3) is 0.647. The first-order valence-corrected chi connectivity index (χ1v) is 7.09. The minimum atomic E-state index is 0.132. The predicted octanol–water partition coefficient (Wildman–Crippen LogP) is 5.07. The topological polar surface area (TPSA) is 12.0 Å². The van der Waals surface area contributed by atoms with Crippen LogP contribution in [0.3, 0.4) is 0 Å². The molecule has 0 atom stereocenters. The summed E-state index contributed by atoms with van der Waals surface area (Å²) in [6.45, 7) is 13.5. The second-order valence-corrected chi connectivity index (χ2v) is 7.70.